The van der Waals surface area contributed by atoms with Crippen molar-refractivity contribution in [2.45, 2.75) is 0 Å². The monoisotopic (exact) mass is 316 g/mol. The van der Waals surface area contributed by atoms with Crippen LogP contribution in [0.3, 0.4) is 0 Å². The standard InChI is InChI=1S/C17H12N6O/c24-17(22-12-11-18-20-22)23-16(14-9-5-2-6-10-14)15(19-21-23)13-7-3-1-4-8-13/h1-12H. The van der Waals surface area contributed by atoms with Crippen LogP contribution in [0.4, 0.5) is 4.79 Å². The Kier molecular flexibility index (Phi) is 3.43. The van der Waals surface area contributed by atoms with Crippen LogP contribution in [-0.2, 0) is 0 Å². The number of carbonyl (C=O) groups is 1. The van der Waals surface area contributed by atoms with Gasteiger partial charge in [0.25, 0.3) is 0 Å². The second-order valence-electron chi connectivity index (χ2n) is 5.06. The van der Waals surface area contributed by atoms with Gasteiger partial charge >= 0.3 is 6.03 Å². The van der Waals surface area contributed by atoms with E-state index in [0.29, 0.717) is 11.4 Å². The van der Waals surface area contributed by atoms with Crippen molar-refractivity contribution in [1.82, 2.24) is 30.0 Å². The van der Waals surface area contributed by atoms with Crippen LogP contribution in [0, 0.1) is 0 Å². The Morgan fingerprint density at radius 3 is 2.12 bits per heavy atom. The minimum atomic E-state index is -0.443. The molecule has 0 aliphatic rings. The van der Waals surface area contributed by atoms with Crippen molar-refractivity contribution in [2.24, 2.45) is 0 Å². The van der Waals surface area contributed by atoms with Crippen LogP contribution in [-0.4, -0.2) is 36.0 Å². The lowest BCUT2D eigenvalue weighted by Crippen LogP contribution is -2.22. The molecular formula is C17H12N6O. The van der Waals surface area contributed by atoms with Gasteiger partial charge in [-0.25, -0.2) is 4.79 Å². The molecule has 0 spiro atoms. The van der Waals surface area contributed by atoms with Crippen molar-refractivity contribution in [3.05, 3.63) is 73.1 Å². The van der Waals surface area contributed by atoms with E-state index in [1.165, 1.54) is 17.1 Å². The van der Waals surface area contributed by atoms with Gasteiger partial charge in [-0.05, 0) is 0 Å². The van der Waals surface area contributed by atoms with Gasteiger partial charge in [0.05, 0.1) is 12.4 Å². The SMILES string of the molecule is O=C(n1ccnn1)n1nnc(-c2ccccc2)c1-c1ccccc1. The molecule has 24 heavy (non-hydrogen) atoms. The van der Waals surface area contributed by atoms with E-state index in [-0.39, 0.29) is 0 Å². The molecular weight excluding hydrogens is 304 g/mol. The third-order valence-corrected chi connectivity index (χ3v) is 3.56. The summed E-state index contributed by atoms with van der Waals surface area (Å²) in [5.74, 6) is 0. The first-order valence-electron chi connectivity index (χ1n) is 7.32. The molecule has 7 heteroatoms. The van der Waals surface area contributed by atoms with E-state index in [0.717, 1.165) is 15.8 Å². The Morgan fingerprint density at radius 1 is 0.833 bits per heavy atom. The molecule has 0 N–H and O–H groups in total. The highest BCUT2D eigenvalue weighted by Gasteiger charge is 2.22. The van der Waals surface area contributed by atoms with Gasteiger partial charge in [-0.3, -0.25) is 0 Å². The number of aromatic nitrogens is 6. The fourth-order valence-electron chi connectivity index (χ4n) is 2.47. The summed E-state index contributed by atoms with van der Waals surface area (Å²) in [4.78, 5) is 12.7. The first-order chi connectivity index (χ1) is 11.8. The number of rotatable bonds is 2. The van der Waals surface area contributed by atoms with Crippen LogP contribution in [0.1, 0.15) is 0 Å². The zero-order valence-electron chi connectivity index (χ0n) is 12.5. The minimum absolute atomic E-state index is 0.443. The Balaban J connectivity index is 1.92. The summed E-state index contributed by atoms with van der Waals surface area (Å²) in [7, 11) is 0. The summed E-state index contributed by atoms with van der Waals surface area (Å²) >= 11 is 0. The molecule has 116 valence electrons. The highest BCUT2D eigenvalue weighted by Crippen LogP contribution is 2.30. The molecule has 4 rings (SSSR count). The maximum absolute atomic E-state index is 12.7. The van der Waals surface area contributed by atoms with E-state index in [1.807, 2.05) is 60.7 Å². The third-order valence-electron chi connectivity index (χ3n) is 3.56. The van der Waals surface area contributed by atoms with E-state index in [2.05, 4.69) is 20.6 Å². The van der Waals surface area contributed by atoms with Gasteiger partial charge in [0.2, 0.25) is 0 Å². The first kappa shape index (κ1) is 14.0. The maximum Gasteiger partial charge on any atom is 0.372 e. The second-order valence-corrected chi connectivity index (χ2v) is 5.06. The van der Waals surface area contributed by atoms with E-state index < -0.39 is 6.03 Å². The van der Waals surface area contributed by atoms with Crippen LogP contribution in [0.25, 0.3) is 22.5 Å². The van der Waals surface area contributed by atoms with Crippen molar-refractivity contribution in [1.29, 1.82) is 0 Å². The van der Waals surface area contributed by atoms with Gasteiger partial charge in [-0.1, -0.05) is 71.1 Å². The predicted molar refractivity (Wildman–Crippen MR) is 87.1 cm³/mol. The van der Waals surface area contributed by atoms with Gasteiger partial charge in [-0.2, -0.15) is 9.36 Å². The number of nitrogens with zero attached hydrogens (tertiary/aromatic N) is 6. The summed E-state index contributed by atoms with van der Waals surface area (Å²) in [6.45, 7) is 0. The molecule has 0 amide bonds. The molecule has 0 aliphatic heterocycles. The number of carbonyl (C=O) groups excluding carboxylic acids is 1. The molecule has 0 saturated carbocycles. The number of benzene rings is 2. The smallest absolute Gasteiger partial charge is 0.243 e. The molecule has 0 radical (unpaired) electrons. The first-order valence-corrected chi connectivity index (χ1v) is 7.32. The van der Waals surface area contributed by atoms with Gasteiger partial charge in [0, 0.05) is 11.1 Å². The largest absolute Gasteiger partial charge is 0.372 e. The highest BCUT2D eigenvalue weighted by molar-refractivity contribution is 5.88. The van der Waals surface area contributed by atoms with Crippen LogP contribution >= 0.6 is 0 Å². The van der Waals surface area contributed by atoms with Gasteiger partial charge < -0.3 is 0 Å². The molecule has 0 aliphatic carbocycles. The molecule has 0 bridgehead atoms. The topological polar surface area (TPSA) is 78.5 Å². The number of hydrogen-bond donors (Lipinski definition) is 0. The Morgan fingerprint density at radius 2 is 1.50 bits per heavy atom. The van der Waals surface area contributed by atoms with Crippen molar-refractivity contribution in [3.63, 3.8) is 0 Å². The average molecular weight is 316 g/mol. The zero-order valence-corrected chi connectivity index (χ0v) is 12.5. The molecule has 0 unspecified atom stereocenters. The Labute approximate surface area is 137 Å². The van der Waals surface area contributed by atoms with Gasteiger partial charge in [-0.15, -0.1) is 10.2 Å². The van der Waals surface area contributed by atoms with Gasteiger partial charge in [0.15, 0.2) is 0 Å². The van der Waals surface area contributed by atoms with Gasteiger partial charge in [0.1, 0.15) is 11.4 Å². The van der Waals surface area contributed by atoms with Crippen molar-refractivity contribution < 1.29 is 4.79 Å². The van der Waals surface area contributed by atoms with E-state index in [4.69, 9.17) is 0 Å². The molecule has 4 aromatic rings. The normalized spacial score (nSPS) is 10.7. The lowest BCUT2D eigenvalue weighted by molar-refractivity contribution is 0.237. The summed E-state index contributed by atoms with van der Waals surface area (Å²) in [6, 6.07) is 18.7. The second kappa shape index (κ2) is 5.88. The van der Waals surface area contributed by atoms with Crippen molar-refractivity contribution in [2.75, 3.05) is 0 Å². The third kappa shape index (κ3) is 2.38. The molecule has 0 fully saturated rings. The summed E-state index contributed by atoms with van der Waals surface area (Å²) < 4.78 is 2.36. The Hall–Kier alpha value is -3.61. The lowest BCUT2D eigenvalue weighted by atomic mass is 10.0. The summed E-state index contributed by atoms with van der Waals surface area (Å²) in [5, 5.41) is 15.7. The van der Waals surface area contributed by atoms with Crippen molar-refractivity contribution >= 4 is 6.03 Å². The van der Waals surface area contributed by atoms with E-state index >= 15 is 0 Å². The van der Waals surface area contributed by atoms with Crippen LogP contribution < -0.4 is 0 Å². The molecule has 2 aromatic carbocycles. The quantitative estimate of drug-likeness (QED) is 0.568. The zero-order chi connectivity index (χ0) is 16.4. The number of hydrogen-bond acceptors (Lipinski definition) is 5. The Bertz CT molecular complexity index is 961. The molecule has 2 aromatic heterocycles. The predicted octanol–water partition coefficient (Wildman–Crippen LogP) is 2.72. The highest BCUT2D eigenvalue weighted by atomic mass is 16.2. The minimum Gasteiger partial charge on any atom is -0.243 e. The van der Waals surface area contributed by atoms with Crippen molar-refractivity contribution in [3.8, 4) is 22.5 Å². The molecule has 0 atom stereocenters. The fourth-order valence-corrected chi connectivity index (χ4v) is 2.47. The fraction of sp³-hybridized carbons (Fsp3) is 0. The van der Waals surface area contributed by atoms with Crippen LogP contribution in [0.15, 0.2) is 73.1 Å². The maximum atomic E-state index is 12.7. The van der Waals surface area contributed by atoms with Crippen LogP contribution in [0.5, 0.6) is 0 Å². The summed E-state index contributed by atoms with van der Waals surface area (Å²) in [6.07, 6.45) is 2.91. The molecule has 7 nitrogen and oxygen atoms in total. The van der Waals surface area contributed by atoms with E-state index in [9.17, 15) is 4.79 Å². The summed E-state index contributed by atoms with van der Waals surface area (Å²) in [5.41, 5.74) is 2.97. The lowest BCUT2D eigenvalue weighted by Gasteiger charge is -2.07. The van der Waals surface area contributed by atoms with Crippen LogP contribution in [0.2, 0.25) is 0 Å². The molecule has 2 heterocycles. The molecule has 0 saturated heterocycles. The van der Waals surface area contributed by atoms with E-state index in [1.54, 1.807) is 0 Å². The average Bonchev–Trinajstić information content (AvgIpc) is 3.32.